The molecule has 0 aliphatic heterocycles. The first-order chi connectivity index (χ1) is 6.52. The minimum atomic E-state index is -2.95. The first kappa shape index (κ1) is 10.0. The second-order valence-corrected chi connectivity index (χ2v) is 6.45. The Morgan fingerprint density at radius 1 is 1.57 bits per heavy atom. The lowest BCUT2D eigenvalue weighted by atomic mass is 10.0. The summed E-state index contributed by atoms with van der Waals surface area (Å²) in [7, 11) is -2.95. The number of rotatable bonds is 2. The summed E-state index contributed by atoms with van der Waals surface area (Å²) in [6.07, 6.45) is 5.00. The molecule has 2 aliphatic carbocycles. The Labute approximate surface area is 88.8 Å². The van der Waals surface area contributed by atoms with Gasteiger partial charge < -0.3 is 0 Å². The van der Waals surface area contributed by atoms with Crippen molar-refractivity contribution in [2.45, 2.75) is 18.1 Å². The second-order valence-electron chi connectivity index (χ2n) is 4.00. The van der Waals surface area contributed by atoms with Crippen LogP contribution in [-0.4, -0.2) is 25.1 Å². The Balaban J connectivity index is 2.32. The number of hydrogen-bond donors (Lipinski definition) is 0. The summed E-state index contributed by atoms with van der Waals surface area (Å²) in [5.41, 5.74) is 0.826. The molecule has 0 aromatic carbocycles. The molecule has 76 valence electrons. The zero-order valence-electron chi connectivity index (χ0n) is 7.80. The Hall–Kier alpha value is -0.510. The quantitative estimate of drug-likeness (QED) is 0.531. The van der Waals surface area contributed by atoms with E-state index in [4.69, 9.17) is 0 Å². The molecule has 0 amide bonds. The molecular weight excluding hydrogens is 218 g/mol. The number of thiocarbonyl (C=S) groups is 1. The van der Waals surface area contributed by atoms with Gasteiger partial charge in [0.1, 0.15) is 0 Å². The first-order valence-electron chi connectivity index (χ1n) is 4.51. The highest BCUT2D eigenvalue weighted by molar-refractivity contribution is 7.91. The van der Waals surface area contributed by atoms with Crippen LogP contribution >= 0.6 is 12.2 Å². The molecule has 0 spiro atoms. The zero-order valence-corrected chi connectivity index (χ0v) is 9.44. The van der Waals surface area contributed by atoms with Gasteiger partial charge in [-0.05, 0) is 31.0 Å². The average molecular weight is 229 g/mol. The van der Waals surface area contributed by atoms with Gasteiger partial charge in [-0.25, -0.2) is 8.42 Å². The smallest absolute Gasteiger partial charge is 0.150 e. The van der Waals surface area contributed by atoms with E-state index >= 15 is 0 Å². The normalized spacial score (nSPS) is 35.2. The monoisotopic (exact) mass is 229 g/mol. The fraction of sp³-hybridized carbons (Fsp3) is 0.667. The number of isothiocyanates is 1. The Bertz CT molecular complexity index is 432. The van der Waals surface area contributed by atoms with Crippen molar-refractivity contribution < 1.29 is 8.42 Å². The van der Waals surface area contributed by atoms with Crippen molar-refractivity contribution in [3.63, 3.8) is 0 Å². The maximum atomic E-state index is 11.5. The van der Waals surface area contributed by atoms with E-state index < -0.39 is 9.84 Å². The molecule has 0 aromatic rings. The summed E-state index contributed by atoms with van der Waals surface area (Å²) >= 11 is 4.53. The summed E-state index contributed by atoms with van der Waals surface area (Å²) in [5, 5.41) is 2.06. The van der Waals surface area contributed by atoms with Gasteiger partial charge >= 0.3 is 0 Å². The number of nitrogens with zero attached hydrogens (tertiary/aromatic N) is 1. The Morgan fingerprint density at radius 2 is 2.29 bits per heavy atom. The Morgan fingerprint density at radius 3 is 2.79 bits per heavy atom. The van der Waals surface area contributed by atoms with E-state index in [1.165, 1.54) is 6.26 Å². The molecule has 3 atom stereocenters. The van der Waals surface area contributed by atoms with E-state index in [0.717, 1.165) is 18.5 Å². The van der Waals surface area contributed by atoms with Crippen LogP contribution in [0.3, 0.4) is 0 Å². The van der Waals surface area contributed by atoms with Crippen LogP contribution in [0.25, 0.3) is 0 Å². The van der Waals surface area contributed by atoms with E-state index in [1.807, 2.05) is 6.08 Å². The molecule has 1 saturated carbocycles. The summed E-state index contributed by atoms with van der Waals surface area (Å²) < 4.78 is 22.9. The third kappa shape index (κ3) is 1.56. The van der Waals surface area contributed by atoms with Crippen molar-refractivity contribution in [1.82, 2.24) is 0 Å². The number of aliphatic imine (C=N–C) groups is 1. The number of fused-ring (bicyclic) bond motifs is 2. The van der Waals surface area contributed by atoms with E-state index in [-0.39, 0.29) is 11.2 Å². The van der Waals surface area contributed by atoms with Gasteiger partial charge in [0.25, 0.3) is 0 Å². The Kier molecular flexibility index (Phi) is 2.33. The highest BCUT2D eigenvalue weighted by Gasteiger charge is 2.45. The molecule has 0 radical (unpaired) electrons. The van der Waals surface area contributed by atoms with Gasteiger partial charge in [0.2, 0.25) is 0 Å². The van der Waals surface area contributed by atoms with Gasteiger partial charge in [-0.2, -0.15) is 4.99 Å². The molecule has 2 bridgehead atoms. The van der Waals surface area contributed by atoms with Crippen LogP contribution in [0.5, 0.6) is 0 Å². The average Bonchev–Trinajstić information content (AvgIpc) is 2.61. The maximum absolute atomic E-state index is 11.5. The molecular formula is C9H11NO2S2. The highest BCUT2D eigenvalue weighted by atomic mass is 32.2. The van der Waals surface area contributed by atoms with E-state index in [1.54, 1.807) is 0 Å². The third-order valence-electron chi connectivity index (χ3n) is 3.05. The number of hydrogen-bond acceptors (Lipinski definition) is 4. The number of allylic oxidation sites excluding steroid dienone is 2. The minimum Gasteiger partial charge on any atom is -0.229 e. The van der Waals surface area contributed by atoms with E-state index in [2.05, 4.69) is 22.4 Å². The topological polar surface area (TPSA) is 46.5 Å². The largest absolute Gasteiger partial charge is 0.229 e. The van der Waals surface area contributed by atoms with Gasteiger partial charge in [-0.1, -0.05) is 6.08 Å². The van der Waals surface area contributed by atoms with Crippen LogP contribution in [0.15, 0.2) is 16.8 Å². The molecule has 0 N–H and O–H groups in total. The third-order valence-corrected chi connectivity index (χ3v) is 4.76. The van der Waals surface area contributed by atoms with E-state index in [9.17, 15) is 8.42 Å². The molecule has 3 nitrogen and oxygen atoms in total. The predicted octanol–water partition coefficient (Wildman–Crippen LogP) is 1.43. The first-order valence-corrected chi connectivity index (χ1v) is 6.87. The molecule has 14 heavy (non-hydrogen) atoms. The molecule has 0 saturated heterocycles. The summed E-state index contributed by atoms with van der Waals surface area (Å²) in [4.78, 5) is 3.93. The fourth-order valence-corrected chi connectivity index (χ4v) is 4.04. The van der Waals surface area contributed by atoms with Gasteiger partial charge in [0, 0.05) is 12.2 Å². The highest BCUT2D eigenvalue weighted by Crippen LogP contribution is 2.46. The van der Waals surface area contributed by atoms with Crippen molar-refractivity contribution >= 4 is 27.2 Å². The fourth-order valence-electron chi connectivity index (χ4n) is 2.50. The van der Waals surface area contributed by atoms with Crippen molar-refractivity contribution in [3.05, 3.63) is 11.8 Å². The molecule has 0 heterocycles. The van der Waals surface area contributed by atoms with Crippen LogP contribution in [0.1, 0.15) is 12.8 Å². The summed E-state index contributed by atoms with van der Waals surface area (Å²) in [6.45, 7) is 0. The van der Waals surface area contributed by atoms with Crippen LogP contribution in [0.2, 0.25) is 0 Å². The molecule has 2 rings (SSSR count). The van der Waals surface area contributed by atoms with Crippen molar-refractivity contribution in [2.75, 3.05) is 6.26 Å². The lowest BCUT2D eigenvalue weighted by Crippen LogP contribution is -2.26. The molecule has 0 aromatic heterocycles. The SMILES string of the molecule is CS(=O)(=O)C1CC2C=C(N=C=S)C1C2. The van der Waals surface area contributed by atoms with Gasteiger partial charge in [0.15, 0.2) is 9.84 Å². The van der Waals surface area contributed by atoms with Gasteiger partial charge in [0.05, 0.1) is 16.1 Å². The molecule has 1 fully saturated rings. The van der Waals surface area contributed by atoms with Crippen LogP contribution < -0.4 is 0 Å². The molecule has 3 unspecified atom stereocenters. The maximum Gasteiger partial charge on any atom is 0.150 e. The van der Waals surface area contributed by atoms with Crippen LogP contribution in [-0.2, 0) is 9.84 Å². The predicted molar refractivity (Wildman–Crippen MR) is 58.0 cm³/mol. The van der Waals surface area contributed by atoms with Crippen molar-refractivity contribution in [2.24, 2.45) is 16.8 Å². The summed E-state index contributed by atoms with van der Waals surface area (Å²) in [6, 6.07) is 0. The zero-order chi connectivity index (χ0) is 10.3. The van der Waals surface area contributed by atoms with Crippen molar-refractivity contribution in [1.29, 1.82) is 0 Å². The standard InChI is InChI=1S/C9H11NO2S2/c1-14(11,12)9-4-6-2-7(9)8(3-6)10-5-13/h3,6-7,9H,2,4H2,1H3. The molecule has 2 aliphatic rings. The lowest BCUT2D eigenvalue weighted by molar-refractivity contribution is 0.558. The van der Waals surface area contributed by atoms with Gasteiger partial charge in [-0.3, -0.25) is 0 Å². The lowest BCUT2D eigenvalue weighted by Gasteiger charge is -2.18. The van der Waals surface area contributed by atoms with E-state index in [0.29, 0.717) is 5.92 Å². The summed E-state index contributed by atoms with van der Waals surface area (Å²) in [5.74, 6) is 0.437. The number of sulfone groups is 1. The van der Waals surface area contributed by atoms with Crippen molar-refractivity contribution in [3.8, 4) is 0 Å². The van der Waals surface area contributed by atoms with Crippen LogP contribution in [0.4, 0.5) is 0 Å². The second kappa shape index (κ2) is 3.26. The molecule has 5 heteroatoms. The minimum absolute atomic E-state index is 0.0606. The van der Waals surface area contributed by atoms with Crippen LogP contribution in [0, 0.1) is 11.8 Å². The van der Waals surface area contributed by atoms with Gasteiger partial charge in [-0.15, -0.1) is 0 Å².